The summed E-state index contributed by atoms with van der Waals surface area (Å²) >= 11 is 0. The van der Waals surface area contributed by atoms with Gasteiger partial charge in [0.25, 0.3) is 0 Å². The summed E-state index contributed by atoms with van der Waals surface area (Å²) < 4.78 is 18.6. The number of nitrogens with two attached hydrogens (primary N) is 1. The number of ether oxygens (including phenoxy) is 1. The molecule has 3 N–H and O–H groups in total. The van der Waals surface area contributed by atoms with Gasteiger partial charge >= 0.3 is 57.4 Å². The molecule has 2 amide bonds. The summed E-state index contributed by atoms with van der Waals surface area (Å²) in [7, 11) is 0. The second-order valence-corrected chi connectivity index (χ2v) is 5.65. The smallest absolute Gasteiger partial charge is 0.457 e. The number of benzene rings is 2. The van der Waals surface area contributed by atoms with Crippen LogP contribution < -0.4 is 61.9 Å². The molecule has 2 unspecified atom stereocenters. The van der Waals surface area contributed by atoms with Gasteiger partial charge in [0.2, 0.25) is 0 Å². The van der Waals surface area contributed by atoms with Crippen LogP contribution in [0.5, 0.6) is 11.5 Å². The van der Waals surface area contributed by atoms with Gasteiger partial charge in [0, 0.05) is 0 Å². The summed E-state index contributed by atoms with van der Waals surface area (Å²) in [5.41, 5.74) is 6.08. The van der Waals surface area contributed by atoms with Crippen LogP contribution in [0.25, 0.3) is 0 Å². The topological polar surface area (TPSA) is 75.8 Å². The standard InChI is InChI=1S/C17H17FN2O3.K/c18-13-4-6-14(7-5-13)23-15-3-1-2-11(8-15)16-9-12(16)10-20(22)17(19)21;/h1-8,12,16,22H,9-10H2,(H2,19,21);/q;+1. The normalized spacial score (nSPS) is 18.4. The fourth-order valence-corrected chi connectivity index (χ4v) is 2.62. The molecule has 1 aliphatic carbocycles. The van der Waals surface area contributed by atoms with Crippen molar-refractivity contribution >= 4 is 6.03 Å². The molecule has 0 aromatic heterocycles. The number of halogens is 1. The number of hydroxylamine groups is 2. The van der Waals surface area contributed by atoms with Gasteiger partial charge in [-0.3, -0.25) is 5.21 Å². The fraction of sp³-hybridized carbons (Fsp3) is 0.235. The van der Waals surface area contributed by atoms with Crippen molar-refractivity contribution in [3.63, 3.8) is 0 Å². The molecule has 0 spiro atoms. The first-order valence-corrected chi connectivity index (χ1v) is 7.32. The first-order chi connectivity index (χ1) is 11.0. The van der Waals surface area contributed by atoms with Crippen LogP contribution in [0.15, 0.2) is 48.5 Å². The van der Waals surface area contributed by atoms with Crippen LogP contribution in [0.3, 0.4) is 0 Å². The van der Waals surface area contributed by atoms with Gasteiger partial charge in [0.15, 0.2) is 0 Å². The minimum Gasteiger partial charge on any atom is -0.457 e. The Hall–Kier alpha value is -0.964. The molecule has 3 rings (SSSR count). The molecule has 1 saturated carbocycles. The monoisotopic (exact) mass is 355 g/mol. The van der Waals surface area contributed by atoms with E-state index in [2.05, 4.69) is 0 Å². The Morgan fingerprint density at radius 1 is 1.25 bits per heavy atom. The van der Waals surface area contributed by atoms with Gasteiger partial charge in [-0.1, -0.05) is 12.1 Å². The molecule has 0 saturated heterocycles. The molecule has 24 heavy (non-hydrogen) atoms. The summed E-state index contributed by atoms with van der Waals surface area (Å²) in [4.78, 5) is 10.8. The van der Waals surface area contributed by atoms with E-state index in [9.17, 15) is 14.4 Å². The van der Waals surface area contributed by atoms with E-state index in [0.29, 0.717) is 16.6 Å². The van der Waals surface area contributed by atoms with Crippen molar-refractivity contribution in [2.45, 2.75) is 12.3 Å². The molecule has 1 aliphatic rings. The number of hydrogen-bond acceptors (Lipinski definition) is 3. The van der Waals surface area contributed by atoms with Gasteiger partial charge in [-0.15, -0.1) is 0 Å². The molecular weight excluding hydrogens is 338 g/mol. The molecule has 7 heteroatoms. The van der Waals surface area contributed by atoms with Crippen LogP contribution in [0.1, 0.15) is 17.9 Å². The Bertz CT molecular complexity index is 711. The quantitative estimate of drug-likeness (QED) is 0.466. The third kappa shape index (κ3) is 5.01. The van der Waals surface area contributed by atoms with Gasteiger partial charge < -0.3 is 10.5 Å². The first kappa shape index (κ1) is 19.4. The van der Waals surface area contributed by atoms with Gasteiger partial charge in [0.1, 0.15) is 17.3 Å². The molecule has 2 aromatic carbocycles. The zero-order chi connectivity index (χ0) is 16.4. The Balaban J connectivity index is 0.00000208. The maximum Gasteiger partial charge on any atom is 1.00 e. The van der Waals surface area contributed by atoms with E-state index in [-0.39, 0.29) is 75.6 Å². The number of carbonyl (C=O) groups excluding carboxylic acids is 1. The second-order valence-electron chi connectivity index (χ2n) is 5.65. The Labute approximate surface area is 182 Å². The summed E-state index contributed by atoms with van der Waals surface area (Å²) in [5, 5.41) is 9.92. The molecule has 5 nitrogen and oxygen atoms in total. The number of carbonyl (C=O) groups is 1. The second kappa shape index (κ2) is 8.42. The van der Waals surface area contributed by atoms with E-state index in [1.54, 1.807) is 12.1 Å². The fourth-order valence-electron chi connectivity index (χ4n) is 2.62. The van der Waals surface area contributed by atoms with Crippen molar-refractivity contribution in [3.05, 3.63) is 59.9 Å². The third-order valence-electron chi connectivity index (χ3n) is 3.92. The van der Waals surface area contributed by atoms with E-state index in [4.69, 9.17) is 10.5 Å². The third-order valence-corrected chi connectivity index (χ3v) is 3.92. The number of rotatable bonds is 5. The summed E-state index contributed by atoms with van der Waals surface area (Å²) in [6, 6.07) is 12.6. The van der Waals surface area contributed by atoms with Gasteiger partial charge in [-0.2, -0.15) is 0 Å². The predicted molar refractivity (Wildman–Crippen MR) is 81.8 cm³/mol. The number of nitrogens with zero attached hydrogens (tertiary/aromatic N) is 1. The number of amides is 2. The van der Waals surface area contributed by atoms with Crippen molar-refractivity contribution < 1.29 is 70.5 Å². The van der Waals surface area contributed by atoms with E-state index in [1.807, 2.05) is 24.3 Å². The molecule has 0 heterocycles. The molecule has 1 fully saturated rings. The minimum absolute atomic E-state index is 0. The van der Waals surface area contributed by atoms with Crippen molar-refractivity contribution in [1.29, 1.82) is 0 Å². The van der Waals surface area contributed by atoms with E-state index in [1.165, 1.54) is 12.1 Å². The van der Waals surface area contributed by atoms with Gasteiger partial charge in [0.05, 0.1) is 6.54 Å². The van der Waals surface area contributed by atoms with E-state index in [0.717, 1.165) is 12.0 Å². The zero-order valence-corrected chi connectivity index (χ0v) is 16.5. The molecule has 120 valence electrons. The predicted octanol–water partition coefficient (Wildman–Crippen LogP) is 0.495. The molecule has 0 aliphatic heterocycles. The molecular formula is C17H17FKN2O3+. The summed E-state index contributed by atoms with van der Waals surface area (Å²) in [6.07, 6.45) is 0.879. The number of hydrogen-bond donors (Lipinski definition) is 2. The van der Waals surface area contributed by atoms with Gasteiger partial charge in [-0.05, 0) is 60.2 Å². The average Bonchev–Trinajstić information content (AvgIpc) is 3.29. The summed E-state index contributed by atoms with van der Waals surface area (Å²) in [5.74, 6) is 1.37. The first-order valence-electron chi connectivity index (χ1n) is 7.32. The van der Waals surface area contributed by atoms with Crippen molar-refractivity contribution in [1.82, 2.24) is 5.06 Å². The van der Waals surface area contributed by atoms with Crippen LogP contribution in [0.4, 0.5) is 9.18 Å². The van der Waals surface area contributed by atoms with Crippen molar-refractivity contribution in [3.8, 4) is 11.5 Å². The molecule has 2 aromatic rings. The largest absolute Gasteiger partial charge is 1.00 e. The zero-order valence-electron chi connectivity index (χ0n) is 13.4. The number of urea groups is 1. The molecule has 0 bridgehead atoms. The van der Waals surface area contributed by atoms with Crippen molar-refractivity contribution in [2.24, 2.45) is 11.7 Å². The molecule has 2 atom stereocenters. The van der Waals surface area contributed by atoms with Crippen LogP contribution in [0.2, 0.25) is 0 Å². The SMILES string of the molecule is NC(=O)N(O)CC1CC1c1cccc(Oc2ccc(F)cc2)c1.[K+]. The Kier molecular flexibility index (Phi) is 6.79. The van der Waals surface area contributed by atoms with Crippen LogP contribution >= 0.6 is 0 Å². The van der Waals surface area contributed by atoms with Crippen LogP contribution in [0, 0.1) is 11.7 Å². The maximum absolute atomic E-state index is 12.9. The van der Waals surface area contributed by atoms with E-state index >= 15 is 0 Å². The average molecular weight is 355 g/mol. The summed E-state index contributed by atoms with van der Waals surface area (Å²) in [6.45, 7) is 0.225. The van der Waals surface area contributed by atoms with Gasteiger partial charge in [-0.25, -0.2) is 14.2 Å². The van der Waals surface area contributed by atoms with Crippen LogP contribution in [-0.4, -0.2) is 22.8 Å². The maximum atomic E-state index is 12.9. The number of primary amides is 1. The van der Waals surface area contributed by atoms with Crippen LogP contribution in [-0.2, 0) is 0 Å². The molecule has 0 radical (unpaired) electrons. The Morgan fingerprint density at radius 3 is 2.62 bits per heavy atom. The van der Waals surface area contributed by atoms with Crippen molar-refractivity contribution in [2.75, 3.05) is 6.54 Å². The Morgan fingerprint density at radius 2 is 1.96 bits per heavy atom. The van der Waals surface area contributed by atoms with E-state index < -0.39 is 6.03 Å². The minimum atomic E-state index is -0.843.